The zero-order valence-electron chi connectivity index (χ0n) is 29.2. The predicted molar refractivity (Wildman–Crippen MR) is 192 cm³/mol. The van der Waals surface area contributed by atoms with Gasteiger partial charge >= 0.3 is 0 Å². The van der Waals surface area contributed by atoms with Gasteiger partial charge in [0.1, 0.15) is 0 Å². The molecule has 1 amide bonds. The number of hydrazine groups is 1. The number of carbonyl (C=O) groups excluding carboxylic acids is 1. The number of aliphatic imine (C=N–C) groups is 1. The average molecular weight is 605 g/mol. The van der Waals surface area contributed by atoms with Gasteiger partial charge in [-0.1, -0.05) is 167 Å². The van der Waals surface area contributed by atoms with Crippen LogP contribution in [0, 0.1) is 0 Å². The Hall–Kier alpha value is -1.36. The fourth-order valence-corrected chi connectivity index (χ4v) is 5.62. The van der Waals surface area contributed by atoms with Gasteiger partial charge in [-0.2, -0.15) is 0 Å². The highest BCUT2D eigenvalue weighted by Gasteiger charge is 2.05. The molecule has 0 aliphatic rings. The molecular weight excluding hydrogens is 528 g/mol. The van der Waals surface area contributed by atoms with E-state index in [1.54, 1.807) is 0 Å². The second-order valence-electron chi connectivity index (χ2n) is 12.9. The molecule has 0 fully saturated rings. The summed E-state index contributed by atoms with van der Waals surface area (Å²) in [5.74, 6) is -0.242. The standard InChI is InChI=1S/C38H76N4O/c1-3-5-7-9-11-13-15-17-19-20-21-23-25-27-29-31-34-40-37-41-42(36-33-38(39)43)35-32-30-28-26-24-22-18-16-14-12-10-8-6-4-2/h17,19,37H,3-16,18,20-36H2,1-2H3,(H2,39,43)(H,40,41)/b19-17-. The molecule has 0 aromatic carbocycles. The molecule has 0 rings (SSSR count). The summed E-state index contributed by atoms with van der Waals surface area (Å²) in [6.45, 7) is 7.02. The molecule has 0 saturated carbocycles. The van der Waals surface area contributed by atoms with Gasteiger partial charge in [0, 0.05) is 26.1 Å². The minimum absolute atomic E-state index is 0.242. The van der Waals surface area contributed by atoms with Crippen molar-refractivity contribution >= 4 is 12.2 Å². The molecule has 0 spiro atoms. The van der Waals surface area contributed by atoms with E-state index < -0.39 is 0 Å². The van der Waals surface area contributed by atoms with Gasteiger partial charge in [-0.15, -0.1) is 0 Å². The Morgan fingerprint density at radius 1 is 0.558 bits per heavy atom. The summed E-state index contributed by atoms with van der Waals surface area (Å²) in [6.07, 6.45) is 44.7. The third kappa shape index (κ3) is 36.7. The summed E-state index contributed by atoms with van der Waals surface area (Å²) in [6, 6.07) is 0. The van der Waals surface area contributed by atoms with E-state index in [-0.39, 0.29) is 5.91 Å². The third-order valence-corrected chi connectivity index (χ3v) is 8.54. The minimum Gasteiger partial charge on any atom is -0.370 e. The van der Waals surface area contributed by atoms with Crippen LogP contribution < -0.4 is 11.2 Å². The van der Waals surface area contributed by atoms with Crippen LogP contribution in [0.2, 0.25) is 0 Å². The number of carbonyl (C=O) groups is 1. The number of primary amides is 1. The highest BCUT2D eigenvalue weighted by molar-refractivity contribution is 5.73. The molecular formula is C38H76N4O. The van der Waals surface area contributed by atoms with Gasteiger partial charge in [-0.05, 0) is 38.5 Å². The number of nitrogens with two attached hydrogens (primary N) is 1. The first-order valence-electron chi connectivity index (χ1n) is 19.1. The van der Waals surface area contributed by atoms with Gasteiger partial charge in [-0.3, -0.25) is 9.79 Å². The number of unbranched alkanes of at least 4 members (excludes halogenated alkanes) is 25. The molecule has 0 heterocycles. The van der Waals surface area contributed by atoms with Crippen molar-refractivity contribution in [3.05, 3.63) is 12.2 Å². The van der Waals surface area contributed by atoms with E-state index in [1.807, 2.05) is 6.34 Å². The molecule has 0 aliphatic heterocycles. The van der Waals surface area contributed by atoms with Crippen molar-refractivity contribution in [2.75, 3.05) is 19.6 Å². The molecule has 3 N–H and O–H groups in total. The number of rotatable bonds is 36. The maximum absolute atomic E-state index is 11.3. The average Bonchev–Trinajstić information content (AvgIpc) is 3.00. The summed E-state index contributed by atoms with van der Waals surface area (Å²) in [7, 11) is 0. The van der Waals surface area contributed by atoms with Gasteiger partial charge in [0.25, 0.3) is 0 Å². The van der Waals surface area contributed by atoms with Crippen molar-refractivity contribution in [1.82, 2.24) is 10.4 Å². The quantitative estimate of drug-likeness (QED) is 0.0246. The predicted octanol–water partition coefficient (Wildman–Crippen LogP) is 11.2. The molecule has 0 radical (unpaired) electrons. The number of nitrogens with zero attached hydrogens (tertiary/aromatic N) is 2. The Labute approximate surface area is 269 Å². The zero-order valence-corrected chi connectivity index (χ0v) is 29.2. The Morgan fingerprint density at radius 2 is 0.953 bits per heavy atom. The summed E-state index contributed by atoms with van der Waals surface area (Å²) in [5.41, 5.74) is 8.70. The van der Waals surface area contributed by atoms with E-state index in [0.717, 1.165) is 25.9 Å². The van der Waals surface area contributed by atoms with Gasteiger partial charge in [-0.25, -0.2) is 5.01 Å². The maximum atomic E-state index is 11.3. The summed E-state index contributed by atoms with van der Waals surface area (Å²) in [5, 5.41) is 2.11. The van der Waals surface area contributed by atoms with Crippen LogP contribution in [0.1, 0.15) is 200 Å². The fourth-order valence-electron chi connectivity index (χ4n) is 5.62. The lowest BCUT2D eigenvalue weighted by Crippen LogP contribution is -2.40. The van der Waals surface area contributed by atoms with Gasteiger partial charge in [0.15, 0.2) is 0 Å². The highest BCUT2D eigenvalue weighted by atomic mass is 16.1. The largest absolute Gasteiger partial charge is 0.370 e. The SMILES string of the molecule is CCCCCCCC/C=C\CCCCCCCCN=CNN(CCCCCCCCCCCCCCCC)CCC(N)=O. The Bertz CT molecular complexity index is 607. The highest BCUT2D eigenvalue weighted by Crippen LogP contribution is 2.13. The molecule has 43 heavy (non-hydrogen) atoms. The summed E-state index contributed by atoms with van der Waals surface area (Å²) < 4.78 is 0. The summed E-state index contributed by atoms with van der Waals surface area (Å²) >= 11 is 0. The van der Waals surface area contributed by atoms with Gasteiger partial charge < -0.3 is 11.2 Å². The topological polar surface area (TPSA) is 70.7 Å². The molecule has 0 bridgehead atoms. The molecule has 0 aliphatic carbocycles. The number of nitrogens with one attached hydrogen (secondary N) is 1. The zero-order chi connectivity index (χ0) is 31.3. The monoisotopic (exact) mass is 605 g/mol. The van der Waals surface area contributed by atoms with Crippen LogP contribution in [0.15, 0.2) is 17.1 Å². The smallest absolute Gasteiger partial charge is 0.218 e. The van der Waals surface area contributed by atoms with E-state index in [2.05, 4.69) is 41.4 Å². The third-order valence-electron chi connectivity index (χ3n) is 8.54. The van der Waals surface area contributed by atoms with Crippen molar-refractivity contribution in [3.63, 3.8) is 0 Å². The van der Waals surface area contributed by atoms with Gasteiger partial charge in [0.05, 0.1) is 6.34 Å². The lowest BCUT2D eigenvalue weighted by molar-refractivity contribution is -0.118. The first kappa shape index (κ1) is 41.6. The van der Waals surface area contributed by atoms with E-state index in [9.17, 15) is 4.79 Å². The fraction of sp³-hybridized carbons (Fsp3) is 0.895. The van der Waals surface area contributed by atoms with Crippen molar-refractivity contribution in [1.29, 1.82) is 0 Å². The molecule has 254 valence electrons. The van der Waals surface area contributed by atoms with Crippen LogP contribution in [0.4, 0.5) is 0 Å². The van der Waals surface area contributed by atoms with E-state index >= 15 is 0 Å². The normalized spacial score (nSPS) is 11.9. The van der Waals surface area contributed by atoms with Crippen LogP contribution >= 0.6 is 0 Å². The summed E-state index contributed by atoms with van der Waals surface area (Å²) in [4.78, 5) is 15.8. The van der Waals surface area contributed by atoms with Crippen LogP contribution in [0.25, 0.3) is 0 Å². The van der Waals surface area contributed by atoms with Crippen LogP contribution in [0.3, 0.4) is 0 Å². The Kier molecular flexibility index (Phi) is 35.7. The molecule has 0 atom stereocenters. The Balaban J connectivity index is 3.65. The second kappa shape index (κ2) is 36.8. The van der Waals surface area contributed by atoms with Crippen LogP contribution in [-0.2, 0) is 4.79 Å². The number of amides is 1. The molecule has 0 unspecified atom stereocenters. The molecule has 5 nitrogen and oxygen atoms in total. The first-order valence-corrected chi connectivity index (χ1v) is 19.1. The lowest BCUT2D eigenvalue weighted by Gasteiger charge is -2.21. The van der Waals surface area contributed by atoms with Crippen molar-refractivity contribution in [3.8, 4) is 0 Å². The maximum Gasteiger partial charge on any atom is 0.218 e. The van der Waals surface area contributed by atoms with Gasteiger partial charge in [0.2, 0.25) is 5.91 Å². The van der Waals surface area contributed by atoms with Crippen molar-refractivity contribution < 1.29 is 4.79 Å². The van der Waals surface area contributed by atoms with E-state index in [1.165, 1.54) is 167 Å². The second-order valence-corrected chi connectivity index (χ2v) is 12.9. The Morgan fingerprint density at radius 3 is 1.40 bits per heavy atom. The first-order chi connectivity index (χ1) is 21.2. The van der Waals surface area contributed by atoms with Crippen LogP contribution in [0.5, 0.6) is 0 Å². The van der Waals surface area contributed by atoms with E-state index in [0.29, 0.717) is 13.0 Å². The number of hydrogen-bond acceptors (Lipinski definition) is 3. The molecule has 0 saturated heterocycles. The minimum atomic E-state index is -0.242. The van der Waals surface area contributed by atoms with Crippen LogP contribution in [-0.4, -0.2) is 36.9 Å². The molecule has 5 heteroatoms. The molecule has 0 aromatic heterocycles. The lowest BCUT2D eigenvalue weighted by atomic mass is 10.0. The van der Waals surface area contributed by atoms with Crippen molar-refractivity contribution in [2.45, 2.75) is 200 Å². The number of allylic oxidation sites excluding steroid dienone is 2. The van der Waals surface area contributed by atoms with E-state index in [4.69, 9.17) is 5.73 Å². The van der Waals surface area contributed by atoms with Crippen molar-refractivity contribution in [2.24, 2.45) is 10.7 Å². The number of hydrogen-bond donors (Lipinski definition) is 2. The molecule has 0 aromatic rings.